The molecule has 1 rings (SSSR count). The Labute approximate surface area is 109 Å². The molecule has 0 aromatic heterocycles. The maximum atomic E-state index is 12.4. The highest BCUT2D eigenvalue weighted by atomic mass is 127. The molecule has 0 bridgehead atoms. The van der Waals surface area contributed by atoms with Crippen LogP contribution in [0, 0.1) is 3.57 Å². The van der Waals surface area contributed by atoms with Crippen LogP contribution >= 0.6 is 22.6 Å². The molecule has 1 aromatic carbocycles. The topological polar surface area (TPSA) is 0 Å². The Morgan fingerprint density at radius 2 is 1.22 bits per heavy atom. The lowest BCUT2D eigenvalue weighted by Crippen LogP contribution is -2.17. The lowest BCUT2D eigenvalue weighted by molar-refractivity contribution is -0.162. The van der Waals surface area contributed by atoms with E-state index in [1.165, 1.54) is 0 Å². The zero-order valence-electron chi connectivity index (χ0n) is 8.13. The molecule has 102 valence electrons. The first-order chi connectivity index (χ1) is 7.94. The third kappa shape index (κ3) is 3.23. The Kier molecular flexibility index (Phi) is 4.13. The van der Waals surface area contributed by atoms with E-state index in [-0.39, 0.29) is 12.1 Å². The van der Waals surface area contributed by atoms with Crippen molar-refractivity contribution in [3.8, 4) is 0 Å². The van der Waals surface area contributed by atoms with E-state index in [0.29, 0.717) is 0 Å². The van der Waals surface area contributed by atoms with Crippen LogP contribution in [0.1, 0.15) is 23.1 Å². The molecule has 0 nitrogen and oxygen atoms in total. The van der Waals surface area contributed by atoms with Crippen molar-refractivity contribution in [1.29, 1.82) is 0 Å². The molecule has 0 fully saturated rings. The molecular weight excluding hydrogens is 387 g/mol. The van der Waals surface area contributed by atoms with Crippen LogP contribution in [0.3, 0.4) is 0 Å². The van der Waals surface area contributed by atoms with E-state index in [4.69, 9.17) is 0 Å². The van der Waals surface area contributed by atoms with Crippen molar-refractivity contribution in [3.63, 3.8) is 0 Å². The van der Waals surface area contributed by atoms with Gasteiger partial charge in [0.1, 0.15) is 0 Å². The lowest BCUT2D eigenvalue weighted by Gasteiger charge is -2.17. The minimum absolute atomic E-state index is 0.0743. The van der Waals surface area contributed by atoms with Crippen LogP contribution < -0.4 is 0 Å². The van der Waals surface area contributed by atoms with Crippen LogP contribution in [0.5, 0.6) is 0 Å². The summed E-state index contributed by atoms with van der Waals surface area (Å²) in [4.78, 5) is 0. The zero-order chi connectivity index (χ0) is 14.3. The fourth-order valence-electron chi connectivity index (χ4n) is 1.23. The summed E-state index contributed by atoms with van der Waals surface area (Å²) in [5.74, 6) is 0. The van der Waals surface area contributed by atoms with Crippen LogP contribution in [0.15, 0.2) is 12.1 Å². The average Bonchev–Trinajstić information content (AvgIpc) is 2.13. The number of alkyl halides is 8. The van der Waals surface area contributed by atoms with Crippen molar-refractivity contribution in [3.05, 3.63) is 32.4 Å². The molecular formula is C9H3F8I. The second-order valence-corrected chi connectivity index (χ2v) is 4.38. The van der Waals surface area contributed by atoms with Gasteiger partial charge in [0.2, 0.25) is 0 Å². The molecule has 0 aliphatic heterocycles. The summed E-state index contributed by atoms with van der Waals surface area (Å²) in [6.07, 6.45) is -13.9. The molecule has 0 amide bonds. The summed E-state index contributed by atoms with van der Waals surface area (Å²) in [7, 11) is 0. The number of hydrogen-bond donors (Lipinski definition) is 0. The second kappa shape index (κ2) is 4.82. The Hall–Kier alpha value is -0.610. The number of hydrogen-bond acceptors (Lipinski definition) is 0. The van der Waals surface area contributed by atoms with Gasteiger partial charge in [-0.15, -0.1) is 0 Å². The van der Waals surface area contributed by atoms with Gasteiger partial charge in [-0.25, -0.2) is 8.78 Å². The summed E-state index contributed by atoms with van der Waals surface area (Å²) < 4.78 is 98.6. The molecule has 1 aromatic rings. The van der Waals surface area contributed by atoms with E-state index in [0.717, 1.165) is 22.6 Å². The monoisotopic (exact) mass is 390 g/mol. The van der Waals surface area contributed by atoms with Gasteiger partial charge in [0.25, 0.3) is 6.43 Å². The zero-order valence-corrected chi connectivity index (χ0v) is 10.3. The molecule has 0 unspecified atom stereocenters. The van der Waals surface area contributed by atoms with E-state index in [1.54, 1.807) is 0 Å². The fourth-order valence-corrected chi connectivity index (χ4v) is 1.93. The van der Waals surface area contributed by atoms with Gasteiger partial charge in [-0.1, -0.05) is 0 Å². The molecule has 0 heterocycles. The maximum Gasteiger partial charge on any atom is 0.417 e. The van der Waals surface area contributed by atoms with Gasteiger partial charge in [-0.05, 0) is 34.7 Å². The van der Waals surface area contributed by atoms with Gasteiger partial charge in [0, 0.05) is 9.13 Å². The minimum Gasteiger partial charge on any atom is -0.205 e. The van der Waals surface area contributed by atoms with Gasteiger partial charge in [-0.2, -0.15) is 26.3 Å². The largest absolute Gasteiger partial charge is 0.417 e. The van der Waals surface area contributed by atoms with Crippen LogP contribution in [-0.4, -0.2) is 0 Å². The molecule has 0 radical (unpaired) electrons. The highest BCUT2D eigenvalue weighted by molar-refractivity contribution is 14.1. The Bertz CT molecular complexity index is 445. The van der Waals surface area contributed by atoms with Gasteiger partial charge in [-0.3, -0.25) is 0 Å². The Morgan fingerprint density at radius 1 is 0.833 bits per heavy atom. The number of halogens is 9. The summed E-state index contributed by atoms with van der Waals surface area (Å²) in [5.41, 5.74) is -5.15. The van der Waals surface area contributed by atoms with E-state index >= 15 is 0 Å². The third-order valence-electron chi connectivity index (χ3n) is 1.98. The normalized spacial score (nSPS) is 13.2. The Balaban J connectivity index is 3.58. The first-order valence-corrected chi connectivity index (χ1v) is 5.28. The molecule has 0 saturated heterocycles. The lowest BCUT2D eigenvalue weighted by atomic mass is 10.0. The highest BCUT2D eigenvalue weighted by Crippen LogP contribution is 2.43. The van der Waals surface area contributed by atoms with E-state index in [1.807, 2.05) is 0 Å². The predicted octanol–water partition coefficient (Wildman–Crippen LogP) is 5.27. The molecule has 0 N–H and O–H groups in total. The van der Waals surface area contributed by atoms with Gasteiger partial charge in [0.05, 0.1) is 11.1 Å². The molecule has 9 heteroatoms. The number of benzene rings is 1. The van der Waals surface area contributed by atoms with Gasteiger partial charge in [0.15, 0.2) is 0 Å². The first kappa shape index (κ1) is 15.4. The summed E-state index contributed by atoms with van der Waals surface area (Å²) in [6, 6.07) is -0.0832. The molecule has 0 spiro atoms. The molecule has 18 heavy (non-hydrogen) atoms. The van der Waals surface area contributed by atoms with Gasteiger partial charge < -0.3 is 0 Å². The average molecular weight is 390 g/mol. The second-order valence-electron chi connectivity index (χ2n) is 3.22. The standard InChI is InChI=1S/C9H3F8I/c10-7(11)3-1-4(8(12,13)14)5(2-6(3)18)9(15,16)17/h1-2,7H. The highest BCUT2D eigenvalue weighted by Gasteiger charge is 2.44. The van der Waals surface area contributed by atoms with E-state index in [2.05, 4.69) is 0 Å². The fraction of sp³-hybridized carbons (Fsp3) is 0.333. The predicted molar refractivity (Wildman–Crippen MR) is 54.1 cm³/mol. The summed E-state index contributed by atoms with van der Waals surface area (Å²) >= 11 is 1.14. The van der Waals surface area contributed by atoms with Crippen LogP contribution in [0.4, 0.5) is 35.1 Å². The van der Waals surface area contributed by atoms with E-state index < -0.39 is 39.0 Å². The van der Waals surface area contributed by atoms with Crippen LogP contribution in [-0.2, 0) is 12.4 Å². The minimum atomic E-state index is -5.35. The number of rotatable bonds is 1. The van der Waals surface area contributed by atoms with Crippen molar-refractivity contribution in [1.82, 2.24) is 0 Å². The van der Waals surface area contributed by atoms with Crippen molar-refractivity contribution < 1.29 is 35.1 Å². The molecule has 0 aliphatic carbocycles. The van der Waals surface area contributed by atoms with Gasteiger partial charge >= 0.3 is 12.4 Å². The van der Waals surface area contributed by atoms with Crippen molar-refractivity contribution in [2.24, 2.45) is 0 Å². The molecule has 0 atom stereocenters. The van der Waals surface area contributed by atoms with E-state index in [9.17, 15) is 35.1 Å². The third-order valence-corrected chi connectivity index (χ3v) is 2.92. The molecule has 0 aliphatic rings. The van der Waals surface area contributed by atoms with Crippen molar-refractivity contribution in [2.45, 2.75) is 18.8 Å². The Morgan fingerprint density at radius 3 is 1.56 bits per heavy atom. The summed E-state index contributed by atoms with van der Waals surface area (Å²) in [6.45, 7) is 0. The van der Waals surface area contributed by atoms with Crippen LogP contribution in [0.2, 0.25) is 0 Å². The maximum absolute atomic E-state index is 12.4. The van der Waals surface area contributed by atoms with Crippen molar-refractivity contribution in [2.75, 3.05) is 0 Å². The SMILES string of the molecule is FC(F)c1cc(C(F)(F)F)c(C(F)(F)F)cc1I. The first-order valence-electron chi connectivity index (χ1n) is 4.20. The summed E-state index contributed by atoms with van der Waals surface area (Å²) in [5, 5.41) is 0. The molecule has 0 saturated carbocycles. The van der Waals surface area contributed by atoms with Crippen molar-refractivity contribution >= 4 is 22.6 Å². The smallest absolute Gasteiger partial charge is 0.205 e. The quantitative estimate of drug-likeness (QED) is 0.453. The van der Waals surface area contributed by atoms with Crippen LogP contribution in [0.25, 0.3) is 0 Å².